The van der Waals surface area contributed by atoms with Gasteiger partial charge in [-0.3, -0.25) is 4.79 Å². The van der Waals surface area contributed by atoms with Gasteiger partial charge < -0.3 is 15.2 Å². The minimum Gasteiger partial charge on any atom is -0.353 e. The molecule has 20 heavy (non-hydrogen) atoms. The first-order valence-electron chi connectivity index (χ1n) is 7.11. The van der Waals surface area contributed by atoms with E-state index in [1.54, 1.807) is 0 Å². The largest absolute Gasteiger partial charge is 0.353 e. The van der Waals surface area contributed by atoms with Crippen molar-refractivity contribution in [3.05, 3.63) is 30.1 Å². The highest BCUT2D eigenvalue weighted by Gasteiger charge is 2.09. The Hall–Kier alpha value is -1.88. The molecule has 108 valence electrons. The van der Waals surface area contributed by atoms with E-state index in [9.17, 15) is 4.79 Å². The van der Waals surface area contributed by atoms with Gasteiger partial charge in [-0.2, -0.15) is 0 Å². The SMILES string of the molecule is CCCNCCNC(=O)Cn1c(C)nc2ccccc21. The van der Waals surface area contributed by atoms with Crippen LogP contribution in [0.25, 0.3) is 11.0 Å². The van der Waals surface area contributed by atoms with Crippen molar-refractivity contribution in [2.45, 2.75) is 26.8 Å². The van der Waals surface area contributed by atoms with E-state index in [4.69, 9.17) is 0 Å². The third-order valence-corrected chi connectivity index (χ3v) is 3.20. The van der Waals surface area contributed by atoms with E-state index in [-0.39, 0.29) is 5.91 Å². The van der Waals surface area contributed by atoms with Crippen molar-refractivity contribution >= 4 is 16.9 Å². The van der Waals surface area contributed by atoms with Crippen molar-refractivity contribution in [2.24, 2.45) is 0 Å². The summed E-state index contributed by atoms with van der Waals surface area (Å²) in [6.45, 7) is 6.82. The molecule has 5 nitrogen and oxygen atoms in total. The fraction of sp³-hybridized carbons (Fsp3) is 0.467. The van der Waals surface area contributed by atoms with E-state index in [2.05, 4.69) is 22.5 Å². The van der Waals surface area contributed by atoms with Crippen LogP contribution >= 0.6 is 0 Å². The third kappa shape index (κ3) is 3.57. The number of nitrogens with one attached hydrogen (secondary N) is 2. The van der Waals surface area contributed by atoms with E-state index in [1.165, 1.54) is 0 Å². The summed E-state index contributed by atoms with van der Waals surface area (Å²) in [5, 5.41) is 6.18. The molecule has 0 spiro atoms. The summed E-state index contributed by atoms with van der Waals surface area (Å²) in [4.78, 5) is 16.4. The van der Waals surface area contributed by atoms with Gasteiger partial charge in [0.05, 0.1) is 11.0 Å². The fourth-order valence-electron chi connectivity index (χ4n) is 2.19. The molecule has 0 fully saturated rings. The monoisotopic (exact) mass is 274 g/mol. The normalized spacial score (nSPS) is 10.9. The van der Waals surface area contributed by atoms with Crippen LogP contribution in [0.4, 0.5) is 0 Å². The predicted molar refractivity (Wildman–Crippen MR) is 80.6 cm³/mol. The van der Waals surface area contributed by atoms with Gasteiger partial charge in [0.25, 0.3) is 0 Å². The predicted octanol–water partition coefficient (Wildman–Crippen LogP) is 1.46. The molecule has 0 saturated heterocycles. The van der Waals surface area contributed by atoms with Crippen LogP contribution < -0.4 is 10.6 Å². The average molecular weight is 274 g/mol. The zero-order chi connectivity index (χ0) is 14.4. The van der Waals surface area contributed by atoms with Gasteiger partial charge in [0, 0.05) is 13.1 Å². The first kappa shape index (κ1) is 14.5. The second-order valence-corrected chi connectivity index (χ2v) is 4.83. The molecule has 0 bridgehead atoms. The van der Waals surface area contributed by atoms with Gasteiger partial charge >= 0.3 is 0 Å². The topological polar surface area (TPSA) is 58.9 Å². The van der Waals surface area contributed by atoms with Gasteiger partial charge in [0.1, 0.15) is 12.4 Å². The number of carbonyl (C=O) groups excluding carboxylic acids is 1. The Bertz CT molecular complexity index is 576. The number of nitrogens with zero attached hydrogens (tertiary/aromatic N) is 2. The first-order chi connectivity index (χ1) is 9.72. The van der Waals surface area contributed by atoms with Crippen molar-refractivity contribution in [3.63, 3.8) is 0 Å². The molecule has 0 aliphatic heterocycles. The van der Waals surface area contributed by atoms with E-state index in [1.807, 2.05) is 35.8 Å². The Kier molecular flexibility index (Phi) is 5.12. The summed E-state index contributed by atoms with van der Waals surface area (Å²) in [6, 6.07) is 7.88. The van der Waals surface area contributed by atoms with Gasteiger partial charge in [-0.15, -0.1) is 0 Å². The summed E-state index contributed by atoms with van der Waals surface area (Å²) in [6.07, 6.45) is 1.11. The summed E-state index contributed by atoms with van der Waals surface area (Å²) in [5.74, 6) is 0.889. The van der Waals surface area contributed by atoms with Gasteiger partial charge in [0.15, 0.2) is 0 Å². The minimum absolute atomic E-state index is 0.0227. The number of amides is 1. The molecular weight excluding hydrogens is 252 g/mol. The highest BCUT2D eigenvalue weighted by molar-refractivity contribution is 5.81. The van der Waals surface area contributed by atoms with Gasteiger partial charge in [-0.25, -0.2) is 4.98 Å². The number of para-hydroxylation sites is 2. The van der Waals surface area contributed by atoms with Crippen LogP contribution in [0.1, 0.15) is 19.2 Å². The minimum atomic E-state index is 0.0227. The number of carbonyl (C=O) groups is 1. The van der Waals surface area contributed by atoms with E-state index in [0.717, 1.165) is 36.4 Å². The molecular formula is C15H22N4O. The molecule has 2 rings (SSSR count). The molecule has 5 heteroatoms. The Morgan fingerprint density at radius 3 is 2.85 bits per heavy atom. The lowest BCUT2D eigenvalue weighted by Gasteiger charge is -2.08. The molecule has 0 radical (unpaired) electrons. The highest BCUT2D eigenvalue weighted by atomic mass is 16.1. The number of hydrogen-bond acceptors (Lipinski definition) is 3. The lowest BCUT2D eigenvalue weighted by atomic mass is 10.3. The Morgan fingerprint density at radius 1 is 1.25 bits per heavy atom. The summed E-state index contributed by atoms with van der Waals surface area (Å²) >= 11 is 0. The zero-order valence-electron chi connectivity index (χ0n) is 12.1. The maximum absolute atomic E-state index is 12.0. The van der Waals surface area contributed by atoms with Crippen molar-refractivity contribution in [1.82, 2.24) is 20.2 Å². The van der Waals surface area contributed by atoms with Crippen LogP contribution in [0, 0.1) is 6.92 Å². The number of benzene rings is 1. The standard InChI is InChI=1S/C15H22N4O/c1-3-8-16-9-10-17-15(20)11-19-12(2)18-13-6-4-5-7-14(13)19/h4-7,16H,3,8-11H2,1-2H3,(H,17,20). The Balaban J connectivity index is 1.91. The van der Waals surface area contributed by atoms with Gasteiger partial charge in [-0.05, 0) is 32.0 Å². The molecule has 0 atom stereocenters. The van der Waals surface area contributed by atoms with Crippen LogP contribution in [0.5, 0.6) is 0 Å². The Morgan fingerprint density at radius 2 is 2.05 bits per heavy atom. The quantitative estimate of drug-likeness (QED) is 0.752. The number of aromatic nitrogens is 2. The third-order valence-electron chi connectivity index (χ3n) is 3.20. The molecule has 0 aliphatic carbocycles. The lowest BCUT2D eigenvalue weighted by Crippen LogP contribution is -2.34. The van der Waals surface area contributed by atoms with Crippen molar-refractivity contribution < 1.29 is 4.79 Å². The summed E-state index contributed by atoms with van der Waals surface area (Å²) in [7, 11) is 0. The molecule has 1 aromatic carbocycles. The van der Waals surface area contributed by atoms with E-state index >= 15 is 0 Å². The molecule has 1 heterocycles. The maximum atomic E-state index is 12.0. The number of hydrogen-bond donors (Lipinski definition) is 2. The molecule has 1 aromatic heterocycles. The van der Waals surface area contributed by atoms with Crippen LogP contribution in [0.15, 0.2) is 24.3 Å². The number of fused-ring (bicyclic) bond motifs is 1. The second-order valence-electron chi connectivity index (χ2n) is 4.83. The molecule has 0 unspecified atom stereocenters. The second kappa shape index (κ2) is 7.05. The van der Waals surface area contributed by atoms with Gasteiger partial charge in [0.2, 0.25) is 5.91 Å². The van der Waals surface area contributed by atoms with Crippen LogP contribution in [-0.4, -0.2) is 35.1 Å². The zero-order valence-corrected chi connectivity index (χ0v) is 12.1. The molecule has 2 aromatic rings. The molecule has 2 N–H and O–H groups in total. The fourth-order valence-corrected chi connectivity index (χ4v) is 2.19. The van der Waals surface area contributed by atoms with Crippen molar-refractivity contribution in [1.29, 1.82) is 0 Å². The highest BCUT2D eigenvalue weighted by Crippen LogP contribution is 2.14. The van der Waals surface area contributed by atoms with Crippen LogP contribution in [0.3, 0.4) is 0 Å². The van der Waals surface area contributed by atoms with Crippen molar-refractivity contribution in [3.8, 4) is 0 Å². The lowest BCUT2D eigenvalue weighted by molar-refractivity contribution is -0.121. The summed E-state index contributed by atoms with van der Waals surface area (Å²) in [5.41, 5.74) is 1.94. The van der Waals surface area contributed by atoms with Crippen molar-refractivity contribution in [2.75, 3.05) is 19.6 Å². The van der Waals surface area contributed by atoms with Crippen LogP contribution in [0.2, 0.25) is 0 Å². The average Bonchev–Trinajstić information content (AvgIpc) is 2.75. The van der Waals surface area contributed by atoms with E-state index in [0.29, 0.717) is 13.1 Å². The maximum Gasteiger partial charge on any atom is 0.240 e. The molecule has 0 aliphatic rings. The Labute approximate surface area is 119 Å². The number of rotatable bonds is 7. The first-order valence-corrected chi connectivity index (χ1v) is 7.11. The van der Waals surface area contributed by atoms with E-state index < -0.39 is 0 Å². The molecule has 1 amide bonds. The summed E-state index contributed by atoms with van der Waals surface area (Å²) < 4.78 is 1.95. The smallest absolute Gasteiger partial charge is 0.240 e. The van der Waals surface area contributed by atoms with Gasteiger partial charge in [-0.1, -0.05) is 19.1 Å². The number of aryl methyl sites for hydroxylation is 1. The number of imidazole rings is 1. The van der Waals surface area contributed by atoms with Crippen LogP contribution in [-0.2, 0) is 11.3 Å². The molecule has 0 saturated carbocycles.